The second kappa shape index (κ2) is 1.36. The number of alkyl halides is 1. The van der Waals surface area contributed by atoms with Crippen molar-refractivity contribution in [1.29, 1.82) is 0 Å². The van der Waals surface area contributed by atoms with Crippen LogP contribution in [0.4, 0.5) is 0 Å². The minimum atomic E-state index is -1.11. The number of nitrogens with two attached hydrogens (primary N) is 1. The number of aliphatic carboxylic acids is 1. The van der Waals surface area contributed by atoms with Crippen molar-refractivity contribution in [2.24, 2.45) is 5.73 Å². The van der Waals surface area contributed by atoms with Crippen molar-refractivity contribution in [3.63, 3.8) is 0 Å². The molecule has 8 heavy (non-hydrogen) atoms. The Labute approximate surface area is 51.4 Å². The molecule has 4 heteroatoms. The van der Waals surface area contributed by atoms with Gasteiger partial charge in [0.1, 0.15) is 5.54 Å². The van der Waals surface area contributed by atoms with Crippen LogP contribution in [-0.2, 0) is 4.79 Å². The Balaban J connectivity index is 2.60. The largest absolute Gasteiger partial charge is 0.480 e. The maximum atomic E-state index is 10.1. The third-order valence-electron chi connectivity index (χ3n) is 1.31. The average molecular weight is 136 g/mol. The topological polar surface area (TPSA) is 63.3 Å². The van der Waals surface area contributed by atoms with Crippen LogP contribution in [0.25, 0.3) is 0 Å². The lowest BCUT2D eigenvalue weighted by molar-refractivity contribution is -0.139. The lowest BCUT2D eigenvalue weighted by atomic mass is 10.3. The molecule has 0 amide bonds. The Morgan fingerprint density at radius 1 is 2.00 bits per heavy atom. The van der Waals surface area contributed by atoms with Gasteiger partial charge in [0.25, 0.3) is 0 Å². The van der Waals surface area contributed by atoms with Gasteiger partial charge >= 0.3 is 5.97 Å². The molecule has 0 aromatic carbocycles. The molecule has 0 radical (unpaired) electrons. The van der Waals surface area contributed by atoms with E-state index >= 15 is 0 Å². The van der Waals surface area contributed by atoms with Crippen molar-refractivity contribution in [2.45, 2.75) is 17.3 Å². The van der Waals surface area contributed by atoms with Gasteiger partial charge in [-0.1, -0.05) is 0 Å². The predicted octanol–water partition coefficient (Wildman–Crippen LogP) is -0.220. The van der Waals surface area contributed by atoms with E-state index in [1.807, 2.05) is 0 Å². The highest BCUT2D eigenvalue weighted by molar-refractivity contribution is 6.26. The van der Waals surface area contributed by atoms with E-state index in [4.69, 9.17) is 22.4 Å². The highest BCUT2D eigenvalue weighted by Gasteiger charge is 2.56. The quantitative estimate of drug-likeness (QED) is 0.489. The van der Waals surface area contributed by atoms with E-state index in [-0.39, 0.29) is 5.38 Å². The number of carboxylic acids is 1. The molecule has 1 saturated carbocycles. The molecule has 0 saturated heterocycles. The van der Waals surface area contributed by atoms with Crippen molar-refractivity contribution in [3.8, 4) is 0 Å². The monoisotopic (exact) mass is 135 g/mol. The molecule has 1 fully saturated rings. The molecular formula is C4H6ClNO2. The molecular weight excluding hydrogens is 130 g/mol. The number of carbonyl (C=O) groups is 1. The number of rotatable bonds is 1. The number of hydrogen-bond acceptors (Lipinski definition) is 2. The van der Waals surface area contributed by atoms with Crippen LogP contribution in [0.15, 0.2) is 0 Å². The molecule has 46 valence electrons. The van der Waals surface area contributed by atoms with Crippen molar-refractivity contribution >= 4 is 17.6 Å². The Kier molecular flexibility index (Phi) is 0.994. The first-order valence-corrected chi connectivity index (χ1v) is 2.67. The van der Waals surface area contributed by atoms with E-state index in [2.05, 4.69) is 0 Å². The first kappa shape index (κ1) is 5.85. The van der Waals surface area contributed by atoms with Crippen LogP contribution in [0, 0.1) is 0 Å². The van der Waals surface area contributed by atoms with Gasteiger partial charge in [-0.05, 0) is 6.42 Å². The van der Waals surface area contributed by atoms with E-state index in [0.717, 1.165) is 0 Å². The van der Waals surface area contributed by atoms with Gasteiger partial charge in [0.05, 0.1) is 5.38 Å². The summed E-state index contributed by atoms with van der Waals surface area (Å²) in [5, 5.41) is 7.91. The van der Waals surface area contributed by atoms with Crippen LogP contribution in [0.3, 0.4) is 0 Å². The van der Waals surface area contributed by atoms with Gasteiger partial charge in [0.15, 0.2) is 0 Å². The summed E-state index contributed by atoms with van der Waals surface area (Å²) < 4.78 is 0. The molecule has 0 bridgehead atoms. The highest BCUT2D eigenvalue weighted by Crippen LogP contribution is 2.38. The standard InChI is InChI=1S/C4H6ClNO2/c5-2-1-4(2,6)3(7)8/h2H,1,6H2,(H,7,8)/t2-,4-/m1/s1. The van der Waals surface area contributed by atoms with Gasteiger partial charge in [-0.3, -0.25) is 4.79 Å². The Morgan fingerprint density at radius 3 is 2.38 bits per heavy atom. The normalized spacial score (nSPS) is 44.0. The Bertz CT molecular complexity index is 138. The second-order valence-corrected chi connectivity index (χ2v) is 2.54. The third-order valence-corrected chi connectivity index (χ3v) is 1.86. The van der Waals surface area contributed by atoms with Crippen LogP contribution in [-0.4, -0.2) is 22.0 Å². The zero-order valence-corrected chi connectivity index (χ0v) is 4.85. The summed E-state index contributed by atoms with van der Waals surface area (Å²) in [4.78, 5) is 10.1. The molecule has 0 unspecified atom stereocenters. The van der Waals surface area contributed by atoms with E-state index in [0.29, 0.717) is 6.42 Å². The minimum absolute atomic E-state index is 0.361. The second-order valence-electron chi connectivity index (χ2n) is 2.02. The predicted molar refractivity (Wildman–Crippen MR) is 28.8 cm³/mol. The highest BCUT2D eigenvalue weighted by atomic mass is 35.5. The zero-order chi connectivity index (χ0) is 6.36. The Hall–Kier alpha value is -0.280. The lowest BCUT2D eigenvalue weighted by Gasteiger charge is -1.97. The molecule has 3 N–H and O–H groups in total. The maximum absolute atomic E-state index is 10.1. The fourth-order valence-electron chi connectivity index (χ4n) is 0.459. The van der Waals surface area contributed by atoms with Gasteiger partial charge in [-0.15, -0.1) is 11.6 Å². The number of carboxylic acid groups (broad SMARTS) is 1. The van der Waals surface area contributed by atoms with Crippen molar-refractivity contribution in [1.82, 2.24) is 0 Å². The van der Waals surface area contributed by atoms with E-state index in [9.17, 15) is 4.79 Å². The molecule has 1 rings (SSSR count). The van der Waals surface area contributed by atoms with Gasteiger partial charge in [0, 0.05) is 0 Å². The van der Waals surface area contributed by atoms with Crippen LogP contribution in [0.5, 0.6) is 0 Å². The maximum Gasteiger partial charge on any atom is 0.325 e. The third kappa shape index (κ3) is 0.588. The van der Waals surface area contributed by atoms with Crippen LogP contribution >= 0.6 is 11.6 Å². The fourth-order valence-corrected chi connectivity index (χ4v) is 0.808. The molecule has 0 aromatic rings. The van der Waals surface area contributed by atoms with Crippen molar-refractivity contribution in [3.05, 3.63) is 0 Å². The molecule has 3 nitrogen and oxygen atoms in total. The minimum Gasteiger partial charge on any atom is -0.480 e. The van der Waals surface area contributed by atoms with Gasteiger partial charge in [-0.2, -0.15) is 0 Å². The zero-order valence-electron chi connectivity index (χ0n) is 4.10. The summed E-state index contributed by atoms with van der Waals surface area (Å²) in [6.07, 6.45) is 0.393. The molecule has 0 heterocycles. The molecule has 2 atom stereocenters. The first-order valence-electron chi connectivity index (χ1n) is 2.24. The number of hydrogen-bond donors (Lipinski definition) is 2. The van der Waals surface area contributed by atoms with Gasteiger partial charge < -0.3 is 10.8 Å². The average Bonchev–Trinajstić information content (AvgIpc) is 2.17. The first-order chi connectivity index (χ1) is 3.57. The van der Waals surface area contributed by atoms with E-state index < -0.39 is 11.5 Å². The molecule has 0 aliphatic heterocycles. The van der Waals surface area contributed by atoms with Crippen molar-refractivity contribution < 1.29 is 9.90 Å². The molecule has 1 aliphatic carbocycles. The summed E-state index contributed by atoms with van der Waals surface area (Å²) in [5.41, 5.74) is 4.09. The van der Waals surface area contributed by atoms with Gasteiger partial charge in [-0.25, -0.2) is 0 Å². The Morgan fingerprint density at radius 2 is 2.38 bits per heavy atom. The summed E-state index contributed by atoms with van der Waals surface area (Å²) in [6.45, 7) is 0. The lowest BCUT2D eigenvalue weighted by Crippen LogP contribution is -2.35. The summed E-state index contributed by atoms with van der Waals surface area (Å²) >= 11 is 5.38. The SMILES string of the molecule is N[C@]1(C(=O)O)C[C@H]1Cl. The smallest absolute Gasteiger partial charge is 0.325 e. The summed E-state index contributed by atoms with van der Waals surface area (Å²) in [7, 11) is 0. The molecule has 0 spiro atoms. The van der Waals surface area contributed by atoms with Gasteiger partial charge in [0.2, 0.25) is 0 Å². The molecule has 0 aromatic heterocycles. The fraction of sp³-hybridized carbons (Fsp3) is 0.750. The van der Waals surface area contributed by atoms with E-state index in [1.165, 1.54) is 0 Å². The van der Waals surface area contributed by atoms with Crippen molar-refractivity contribution in [2.75, 3.05) is 0 Å². The van der Waals surface area contributed by atoms with Crippen LogP contribution in [0.2, 0.25) is 0 Å². The number of halogens is 1. The molecule has 1 aliphatic rings. The summed E-state index contributed by atoms with van der Waals surface area (Å²) in [6, 6.07) is 0. The van der Waals surface area contributed by atoms with Crippen LogP contribution in [0.1, 0.15) is 6.42 Å². The van der Waals surface area contributed by atoms with E-state index in [1.54, 1.807) is 0 Å². The summed E-state index contributed by atoms with van der Waals surface area (Å²) in [5.74, 6) is -1.00. The van der Waals surface area contributed by atoms with Crippen LogP contribution < -0.4 is 5.73 Å².